The summed E-state index contributed by atoms with van der Waals surface area (Å²) in [5.41, 5.74) is 1.12. The summed E-state index contributed by atoms with van der Waals surface area (Å²) in [7, 11) is 5.46. The molecule has 1 N–H and O–H groups in total. The average molecular weight is 391 g/mol. The minimum Gasteiger partial charge on any atom is -0.493 e. The van der Waals surface area contributed by atoms with Gasteiger partial charge in [0.25, 0.3) is 0 Å². The molecule has 2 heterocycles. The summed E-state index contributed by atoms with van der Waals surface area (Å²) in [5.74, 6) is 1.44. The molecule has 156 valence electrons. The van der Waals surface area contributed by atoms with Crippen LogP contribution in [0.3, 0.4) is 0 Å². The Balaban J connectivity index is 1.39. The van der Waals surface area contributed by atoms with Crippen molar-refractivity contribution in [2.45, 2.75) is 25.3 Å². The summed E-state index contributed by atoms with van der Waals surface area (Å²) in [5, 5.41) is 3.06. The van der Waals surface area contributed by atoms with Crippen molar-refractivity contribution in [2.75, 3.05) is 67.1 Å². The summed E-state index contributed by atoms with van der Waals surface area (Å²) in [6, 6.07) is 6.60. The molecule has 0 atom stereocenters. The zero-order chi connectivity index (χ0) is 19.9. The van der Waals surface area contributed by atoms with Crippen LogP contribution in [0.2, 0.25) is 0 Å². The molecule has 2 fully saturated rings. The molecule has 2 saturated heterocycles. The highest BCUT2D eigenvalue weighted by molar-refractivity contribution is 5.74. The van der Waals surface area contributed by atoms with Crippen molar-refractivity contribution in [1.82, 2.24) is 20.0 Å². The minimum atomic E-state index is 0.0449. The van der Waals surface area contributed by atoms with Gasteiger partial charge in [0.2, 0.25) is 0 Å². The first-order valence-corrected chi connectivity index (χ1v) is 10.3. The lowest BCUT2D eigenvalue weighted by Gasteiger charge is -2.42. The maximum Gasteiger partial charge on any atom is 0.317 e. The first-order valence-electron chi connectivity index (χ1n) is 10.3. The average Bonchev–Trinajstić information content (AvgIpc) is 2.74. The van der Waals surface area contributed by atoms with E-state index in [4.69, 9.17) is 9.47 Å². The van der Waals surface area contributed by atoms with Crippen LogP contribution in [0.25, 0.3) is 0 Å². The number of hydrogen-bond acceptors (Lipinski definition) is 5. The summed E-state index contributed by atoms with van der Waals surface area (Å²) in [6.45, 7) is 6.57. The Morgan fingerprint density at radius 3 is 2.36 bits per heavy atom. The second kappa shape index (κ2) is 9.98. The number of ether oxygens (including phenoxy) is 2. The fraction of sp³-hybridized carbons (Fsp3) is 0.667. The van der Waals surface area contributed by atoms with Crippen LogP contribution in [0.1, 0.15) is 18.4 Å². The summed E-state index contributed by atoms with van der Waals surface area (Å²) < 4.78 is 10.6. The monoisotopic (exact) mass is 390 g/mol. The molecular formula is C21H34N4O3. The van der Waals surface area contributed by atoms with Crippen molar-refractivity contribution in [2.24, 2.45) is 0 Å². The van der Waals surface area contributed by atoms with E-state index in [0.29, 0.717) is 12.6 Å². The van der Waals surface area contributed by atoms with Crippen molar-refractivity contribution in [3.05, 3.63) is 23.8 Å². The van der Waals surface area contributed by atoms with E-state index >= 15 is 0 Å². The van der Waals surface area contributed by atoms with E-state index in [1.807, 2.05) is 23.1 Å². The quantitative estimate of drug-likeness (QED) is 0.801. The molecule has 7 heteroatoms. The molecule has 0 spiro atoms. The number of nitrogens with zero attached hydrogens (tertiary/aromatic N) is 3. The smallest absolute Gasteiger partial charge is 0.317 e. The highest BCUT2D eigenvalue weighted by Gasteiger charge is 2.27. The van der Waals surface area contributed by atoms with Gasteiger partial charge in [-0.1, -0.05) is 6.07 Å². The second-order valence-corrected chi connectivity index (χ2v) is 7.73. The fourth-order valence-corrected chi connectivity index (χ4v) is 4.11. The second-order valence-electron chi connectivity index (χ2n) is 7.73. The zero-order valence-corrected chi connectivity index (χ0v) is 17.4. The molecule has 2 aliphatic rings. The molecular weight excluding hydrogens is 356 g/mol. The Morgan fingerprint density at radius 2 is 1.71 bits per heavy atom. The van der Waals surface area contributed by atoms with Gasteiger partial charge in [0, 0.05) is 38.8 Å². The third-order valence-electron chi connectivity index (χ3n) is 5.94. The van der Waals surface area contributed by atoms with Gasteiger partial charge < -0.3 is 24.6 Å². The number of piperazine rings is 1. The summed E-state index contributed by atoms with van der Waals surface area (Å²) in [6.07, 6.45) is 3.25. The molecule has 2 aliphatic heterocycles. The number of rotatable bonds is 6. The van der Waals surface area contributed by atoms with Gasteiger partial charge in [-0.2, -0.15) is 0 Å². The van der Waals surface area contributed by atoms with E-state index < -0.39 is 0 Å². The molecule has 2 amide bonds. The Labute approximate surface area is 168 Å². The predicted molar refractivity (Wildman–Crippen MR) is 110 cm³/mol. The third kappa shape index (κ3) is 5.29. The molecule has 3 rings (SSSR count). The van der Waals surface area contributed by atoms with Crippen LogP contribution in [-0.2, 0) is 6.42 Å². The number of carbonyl (C=O) groups excluding carboxylic acids is 1. The van der Waals surface area contributed by atoms with Crippen molar-refractivity contribution >= 4 is 6.03 Å². The number of amides is 2. The van der Waals surface area contributed by atoms with E-state index in [0.717, 1.165) is 49.7 Å². The van der Waals surface area contributed by atoms with E-state index in [1.165, 1.54) is 25.9 Å². The first kappa shape index (κ1) is 20.7. The van der Waals surface area contributed by atoms with Crippen LogP contribution in [-0.4, -0.2) is 93.9 Å². The van der Waals surface area contributed by atoms with Crippen LogP contribution >= 0.6 is 0 Å². The number of urea groups is 1. The van der Waals surface area contributed by atoms with Gasteiger partial charge in [0.05, 0.1) is 14.2 Å². The van der Waals surface area contributed by atoms with Crippen molar-refractivity contribution in [3.63, 3.8) is 0 Å². The Hall–Kier alpha value is -1.99. The van der Waals surface area contributed by atoms with Gasteiger partial charge in [-0.15, -0.1) is 0 Å². The third-order valence-corrected chi connectivity index (χ3v) is 5.94. The number of benzene rings is 1. The van der Waals surface area contributed by atoms with Gasteiger partial charge in [-0.3, -0.25) is 4.90 Å². The molecule has 1 aromatic carbocycles. The molecule has 1 aromatic rings. The standard InChI is InChI=1S/C21H34N4O3/c1-23-10-7-18(8-11-23)24-12-14-25(15-13-24)21(26)22-9-6-17-4-5-19(27-2)20(16-17)28-3/h4-5,16,18H,6-15H2,1-3H3,(H,22,26). The van der Waals surface area contributed by atoms with Crippen LogP contribution < -0.4 is 14.8 Å². The minimum absolute atomic E-state index is 0.0449. The number of carbonyl (C=O) groups is 1. The number of likely N-dealkylation sites (tertiary alicyclic amines) is 1. The van der Waals surface area contributed by atoms with Gasteiger partial charge in [-0.05, 0) is 57.1 Å². The van der Waals surface area contributed by atoms with E-state index in [1.54, 1.807) is 14.2 Å². The Morgan fingerprint density at radius 1 is 1.04 bits per heavy atom. The maximum absolute atomic E-state index is 12.5. The fourth-order valence-electron chi connectivity index (χ4n) is 4.11. The van der Waals surface area contributed by atoms with Crippen LogP contribution in [0.4, 0.5) is 4.79 Å². The first-order chi connectivity index (χ1) is 13.6. The van der Waals surface area contributed by atoms with Gasteiger partial charge in [-0.25, -0.2) is 4.79 Å². The normalized spacial score (nSPS) is 19.5. The van der Waals surface area contributed by atoms with Gasteiger partial charge in [0.1, 0.15) is 0 Å². The molecule has 0 unspecified atom stereocenters. The predicted octanol–water partition coefficient (Wildman–Crippen LogP) is 1.67. The van der Waals surface area contributed by atoms with Gasteiger partial charge >= 0.3 is 6.03 Å². The lowest BCUT2D eigenvalue weighted by atomic mass is 10.0. The van der Waals surface area contributed by atoms with Crippen molar-refractivity contribution in [3.8, 4) is 11.5 Å². The van der Waals surface area contributed by atoms with Crippen LogP contribution in [0.15, 0.2) is 18.2 Å². The summed E-state index contributed by atoms with van der Waals surface area (Å²) in [4.78, 5) is 19.4. The molecule has 28 heavy (non-hydrogen) atoms. The Bertz CT molecular complexity index is 639. The van der Waals surface area contributed by atoms with Crippen molar-refractivity contribution < 1.29 is 14.3 Å². The maximum atomic E-state index is 12.5. The Kier molecular flexibility index (Phi) is 7.39. The molecule has 0 bridgehead atoms. The lowest BCUT2D eigenvalue weighted by molar-refractivity contribution is 0.0750. The van der Waals surface area contributed by atoms with Crippen LogP contribution in [0.5, 0.6) is 11.5 Å². The van der Waals surface area contributed by atoms with E-state index in [9.17, 15) is 4.79 Å². The lowest BCUT2D eigenvalue weighted by Crippen LogP contribution is -2.55. The number of nitrogens with one attached hydrogen (secondary N) is 1. The van der Waals surface area contributed by atoms with E-state index in [-0.39, 0.29) is 6.03 Å². The largest absolute Gasteiger partial charge is 0.493 e. The highest BCUT2D eigenvalue weighted by atomic mass is 16.5. The number of hydrogen-bond donors (Lipinski definition) is 1. The molecule has 0 aromatic heterocycles. The SMILES string of the molecule is COc1ccc(CCNC(=O)N2CCN(C3CCN(C)CC3)CC2)cc1OC. The number of methoxy groups -OCH3 is 2. The molecule has 0 saturated carbocycles. The zero-order valence-electron chi connectivity index (χ0n) is 17.4. The molecule has 0 radical (unpaired) electrons. The number of piperidine rings is 1. The van der Waals surface area contributed by atoms with Crippen LogP contribution in [0, 0.1) is 0 Å². The molecule has 0 aliphatic carbocycles. The summed E-state index contributed by atoms with van der Waals surface area (Å²) >= 11 is 0. The molecule has 7 nitrogen and oxygen atoms in total. The highest BCUT2D eigenvalue weighted by Crippen LogP contribution is 2.27. The van der Waals surface area contributed by atoms with Crippen molar-refractivity contribution in [1.29, 1.82) is 0 Å². The topological polar surface area (TPSA) is 57.3 Å². The van der Waals surface area contributed by atoms with Gasteiger partial charge in [0.15, 0.2) is 11.5 Å². The van der Waals surface area contributed by atoms with E-state index in [2.05, 4.69) is 22.2 Å².